The molecule has 1 fully saturated rings. The molecule has 20 heavy (non-hydrogen) atoms. The number of hydrogen-bond acceptors (Lipinski definition) is 7. The molecule has 9 heteroatoms. The third-order valence-electron chi connectivity index (χ3n) is 3.93. The maximum atomic E-state index is 11.5. The van der Waals surface area contributed by atoms with Crippen LogP contribution in [0, 0.1) is 20.2 Å². The van der Waals surface area contributed by atoms with Gasteiger partial charge in [0.1, 0.15) is 6.61 Å². The van der Waals surface area contributed by atoms with Crippen LogP contribution < -0.4 is 0 Å². The largest absolute Gasteiger partial charge is 0.488 e. The molecular weight excluding hydrogens is 270 g/mol. The quantitative estimate of drug-likeness (QED) is 0.542. The Labute approximate surface area is 115 Å². The molecule has 1 heterocycles. The van der Waals surface area contributed by atoms with Crippen molar-refractivity contribution in [1.82, 2.24) is 4.90 Å². The summed E-state index contributed by atoms with van der Waals surface area (Å²) < 4.78 is 5.28. The first-order chi connectivity index (χ1) is 9.36. The summed E-state index contributed by atoms with van der Waals surface area (Å²) in [5.74, 6) is 0.126. The number of rotatable bonds is 5. The second-order valence-electron chi connectivity index (χ2n) is 5.46. The van der Waals surface area contributed by atoms with Gasteiger partial charge in [-0.2, -0.15) is 0 Å². The van der Waals surface area contributed by atoms with Crippen LogP contribution in [0.3, 0.4) is 0 Å². The van der Waals surface area contributed by atoms with E-state index in [-0.39, 0.29) is 44.9 Å². The van der Waals surface area contributed by atoms with Crippen LogP contribution in [0.1, 0.15) is 12.8 Å². The van der Waals surface area contributed by atoms with Gasteiger partial charge in [0.05, 0.1) is 26.1 Å². The average Bonchev–Trinajstić information content (AvgIpc) is 2.37. The number of fused-ring (bicyclic) bond motifs is 2. The van der Waals surface area contributed by atoms with E-state index in [4.69, 9.17) is 9.84 Å². The van der Waals surface area contributed by atoms with Gasteiger partial charge in [-0.25, -0.2) is 0 Å². The molecule has 9 nitrogen and oxygen atoms in total. The lowest BCUT2D eigenvalue weighted by Crippen LogP contribution is -2.67. The Morgan fingerprint density at radius 3 is 2.65 bits per heavy atom. The summed E-state index contributed by atoms with van der Waals surface area (Å²) in [6, 6.07) is 0. The highest BCUT2D eigenvalue weighted by atomic mass is 16.6. The fourth-order valence-corrected chi connectivity index (χ4v) is 3.19. The molecule has 1 saturated heterocycles. The van der Waals surface area contributed by atoms with Crippen molar-refractivity contribution in [3.05, 3.63) is 32.1 Å². The van der Waals surface area contributed by atoms with Crippen LogP contribution in [0.5, 0.6) is 0 Å². The zero-order valence-corrected chi connectivity index (χ0v) is 11.2. The van der Waals surface area contributed by atoms with Crippen molar-refractivity contribution in [3.63, 3.8) is 0 Å². The van der Waals surface area contributed by atoms with Gasteiger partial charge in [0.2, 0.25) is 5.54 Å². The number of aliphatic hydroxyl groups is 1. The summed E-state index contributed by atoms with van der Waals surface area (Å²) >= 11 is 0. The number of hydrogen-bond donors (Lipinski definition) is 1. The molecule has 1 aliphatic heterocycles. The van der Waals surface area contributed by atoms with Gasteiger partial charge < -0.3 is 9.84 Å². The second-order valence-corrected chi connectivity index (χ2v) is 5.46. The summed E-state index contributed by atoms with van der Waals surface area (Å²) in [5.41, 5.74) is -2.94. The number of aliphatic hydroxyl groups excluding tert-OH is 1. The van der Waals surface area contributed by atoms with Crippen LogP contribution in [-0.2, 0) is 4.74 Å². The van der Waals surface area contributed by atoms with Gasteiger partial charge >= 0.3 is 0 Å². The monoisotopic (exact) mass is 287 g/mol. The number of likely N-dealkylation sites (tertiary alicyclic amines) is 1. The van der Waals surface area contributed by atoms with Crippen molar-refractivity contribution < 1.29 is 19.7 Å². The molecule has 0 aromatic carbocycles. The summed E-state index contributed by atoms with van der Waals surface area (Å²) in [4.78, 5) is 23.6. The number of nitro groups is 2. The van der Waals surface area contributed by atoms with Crippen LogP contribution in [0.15, 0.2) is 11.8 Å². The van der Waals surface area contributed by atoms with E-state index in [0.717, 1.165) is 0 Å². The van der Waals surface area contributed by atoms with Crippen LogP contribution >= 0.6 is 0 Å². The molecular formula is C11H17N3O6. The van der Waals surface area contributed by atoms with Gasteiger partial charge in [0.25, 0.3) is 5.54 Å². The van der Waals surface area contributed by atoms with E-state index in [9.17, 15) is 20.2 Å². The van der Waals surface area contributed by atoms with E-state index in [2.05, 4.69) is 0 Å². The maximum absolute atomic E-state index is 11.5. The lowest BCUT2D eigenvalue weighted by Gasteiger charge is -2.44. The first kappa shape index (κ1) is 14.7. The first-order valence-electron chi connectivity index (χ1n) is 6.28. The molecule has 2 atom stereocenters. The molecule has 0 spiro atoms. The Hall–Kier alpha value is -1.74. The Morgan fingerprint density at radius 1 is 1.40 bits per heavy atom. The Balaban J connectivity index is 2.44. The van der Waals surface area contributed by atoms with Gasteiger partial charge in [0, 0.05) is 16.3 Å². The standard InChI is InChI=1S/C11H17N3O6/c1-12-7-10(13(16)17)3-2-9(20-5-4-15)11(6-10,8-12)14(18)19/h2,15H,3-8H2,1H3/t10-,11+/m0/s1. The van der Waals surface area contributed by atoms with Gasteiger partial charge in [-0.15, -0.1) is 0 Å². The predicted molar refractivity (Wildman–Crippen MR) is 67.3 cm³/mol. The molecule has 0 radical (unpaired) electrons. The Kier molecular flexibility index (Phi) is 3.65. The van der Waals surface area contributed by atoms with E-state index < -0.39 is 20.9 Å². The third kappa shape index (κ3) is 2.12. The van der Waals surface area contributed by atoms with Crippen molar-refractivity contribution in [2.45, 2.75) is 23.9 Å². The van der Waals surface area contributed by atoms with E-state index in [1.165, 1.54) is 6.08 Å². The van der Waals surface area contributed by atoms with Crippen molar-refractivity contribution in [1.29, 1.82) is 0 Å². The lowest BCUT2D eigenvalue weighted by atomic mass is 9.71. The smallest absolute Gasteiger partial charge is 0.296 e. The van der Waals surface area contributed by atoms with Crippen LogP contribution in [0.25, 0.3) is 0 Å². The van der Waals surface area contributed by atoms with Crippen molar-refractivity contribution in [2.75, 3.05) is 33.4 Å². The molecule has 2 bridgehead atoms. The zero-order valence-electron chi connectivity index (χ0n) is 11.2. The molecule has 0 aromatic heterocycles. The third-order valence-corrected chi connectivity index (χ3v) is 3.93. The predicted octanol–water partition coefficient (Wildman–Crippen LogP) is -0.351. The molecule has 0 aromatic rings. The molecule has 2 aliphatic rings. The first-order valence-corrected chi connectivity index (χ1v) is 6.28. The van der Waals surface area contributed by atoms with E-state index in [1.54, 1.807) is 11.9 Å². The molecule has 0 unspecified atom stereocenters. The minimum Gasteiger partial charge on any atom is -0.488 e. The van der Waals surface area contributed by atoms with E-state index in [1.807, 2.05) is 0 Å². The number of nitrogens with zero attached hydrogens (tertiary/aromatic N) is 3. The minimum atomic E-state index is -1.60. The highest BCUT2D eigenvalue weighted by Crippen LogP contribution is 2.44. The fraction of sp³-hybridized carbons (Fsp3) is 0.818. The van der Waals surface area contributed by atoms with Crippen LogP contribution in [0.2, 0.25) is 0 Å². The van der Waals surface area contributed by atoms with E-state index >= 15 is 0 Å². The Bertz CT molecular complexity index is 467. The molecule has 1 aliphatic carbocycles. The highest BCUT2D eigenvalue weighted by Gasteiger charge is 2.66. The lowest BCUT2D eigenvalue weighted by molar-refractivity contribution is -0.623. The second kappa shape index (κ2) is 4.98. The zero-order chi connectivity index (χ0) is 15.0. The summed E-state index contributed by atoms with van der Waals surface area (Å²) in [7, 11) is 1.63. The van der Waals surface area contributed by atoms with Gasteiger partial charge in [0.15, 0.2) is 5.76 Å². The van der Waals surface area contributed by atoms with E-state index in [0.29, 0.717) is 0 Å². The molecule has 0 amide bonds. The van der Waals surface area contributed by atoms with Gasteiger partial charge in [-0.05, 0) is 13.1 Å². The van der Waals surface area contributed by atoms with Crippen molar-refractivity contribution >= 4 is 0 Å². The number of likely N-dealkylation sites (N-methyl/N-ethyl adjacent to an activating group) is 1. The van der Waals surface area contributed by atoms with Gasteiger partial charge in [-0.1, -0.05) is 0 Å². The highest BCUT2D eigenvalue weighted by molar-refractivity contribution is 5.23. The average molecular weight is 287 g/mol. The van der Waals surface area contributed by atoms with Gasteiger partial charge in [-0.3, -0.25) is 25.1 Å². The molecule has 2 rings (SSSR count). The minimum absolute atomic E-state index is 0.0589. The molecule has 1 N–H and O–H groups in total. The number of ether oxygens (including phenoxy) is 1. The van der Waals surface area contributed by atoms with Crippen LogP contribution in [0.4, 0.5) is 0 Å². The van der Waals surface area contributed by atoms with Crippen molar-refractivity contribution in [2.24, 2.45) is 0 Å². The summed E-state index contributed by atoms with van der Waals surface area (Å²) in [5, 5.41) is 31.7. The summed E-state index contributed by atoms with van der Waals surface area (Å²) in [6.45, 7) is -0.0792. The van der Waals surface area contributed by atoms with Crippen LogP contribution in [-0.4, -0.2) is 64.3 Å². The fourth-order valence-electron chi connectivity index (χ4n) is 3.19. The Morgan fingerprint density at radius 2 is 2.10 bits per heavy atom. The topological polar surface area (TPSA) is 119 Å². The maximum Gasteiger partial charge on any atom is 0.296 e. The summed E-state index contributed by atoms with van der Waals surface area (Å²) in [6.07, 6.45) is 1.36. The molecule has 112 valence electrons. The normalized spacial score (nSPS) is 33.4. The number of piperidine rings is 1. The SMILES string of the molecule is CN1C[C@]2([N+](=O)[O-])CC=C(OCCO)[C@]([N+](=O)[O-])(C1)C2. The van der Waals surface area contributed by atoms with Crippen molar-refractivity contribution in [3.8, 4) is 0 Å². The molecule has 0 saturated carbocycles.